The minimum absolute atomic E-state index is 0.00773. The Labute approximate surface area is 96.7 Å². The van der Waals surface area contributed by atoms with E-state index in [9.17, 15) is 8.42 Å². The third-order valence-corrected chi connectivity index (χ3v) is 3.42. The van der Waals surface area contributed by atoms with Gasteiger partial charge < -0.3 is 0 Å². The number of rotatable bonds is 4. The van der Waals surface area contributed by atoms with Crippen LogP contribution in [-0.4, -0.2) is 20.4 Å². The molecular formula is C11H18N2O2S. The Morgan fingerprint density at radius 1 is 1.38 bits per heavy atom. The van der Waals surface area contributed by atoms with E-state index in [1.54, 1.807) is 0 Å². The van der Waals surface area contributed by atoms with Crippen molar-refractivity contribution in [3.63, 3.8) is 0 Å². The zero-order valence-electron chi connectivity index (χ0n) is 9.82. The van der Waals surface area contributed by atoms with E-state index >= 15 is 0 Å². The van der Waals surface area contributed by atoms with Crippen molar-refractivity contribution >= 4 is 9.84 Å². The number of hydrogen-bond acceptors (Lipinski definition) is 4. The molecule has 0 radical (unpaired) electrons. The highest BCUT2D eigenvalue weighted by Gasteiger charge is 2.17. The number of hydrogen-bond donors (Lipinski definition) is 2. The number of sulfone groups is 1. The van der Waals surface area contributed by atoms with Crippen molar-refractivity contribution in [2.75, 3.05) is 12.0 Å². The lowest BCUT2D eigenvalue weighted by Gasteiger charge is -2.18. The van der Waals surface area contributed by atoms with Gasteiger partial charge in [0.15, 0.2) is 0 Å². The zero-order valence-corrected chi connectivity index (χ0v) is 10.6. The molecule has 4 nitrogen and oxygen atoms in total. The molecule has 16 heavy (non-hydrogen) atoms. The van der Waals surface area contributed by atoms with Crippen LogP contribution in [0, 0.1) is 13.8 Å². The maximum absolute atomic E-state index is 11.3. The monoisotopic (exact) mass is 242 g/mol. The summed E-state index contributed by atoms with van der Waals surface area (Å²) in [6, 6.07) is 5.57. The second kappa shape index (κ2) is 4.95. The minimum Gasteiger partial charge on any atom is -0.271 e. The van der Waals surface area contributed by atoms with Gasteiger partial charge in [-0.2, -0.15) is 0 Å². The first-order chi connectivity index (χ1) is 7.33. The van der Waals surface area contributed by atoms with Crippen LogP contribution in [0.25, 0.3) is 0 Å². The fourth-order valence-corrected chi connectivity index (χ4v) is 2.55. The maximum atomic E-state index is 11.3. The van der Waals surface area contributed by atoms with Crippen molar-refractivity contribution in [1.82, 2.24) is 5.43 Å². The topological polar surface area (TPSA) is 72.2 Å². The molecule has 0 saturated carbocycles. The molecule has 0 fully saturated rings. The number of aryl methyl sites for hydroxylation is 2. The second-order valence-corrected chi connectivity index (χ2v) is 6.36. The average molecular weight is 242 g/mol. The van der Waals surface area contributed by atoms with Gasteiger partial charge in [0.2, 0.25) is 0 Å². The Hall–Kier alpha value is -0.910. The van der Waals surface area contributed by atoms with Crippen LogP contribution >= 0.6 is 0 Å². The summed E-state index contributed by atoms with van der Waals surface area (Å²) in [6.45, 7) is 3.92. The van der Waals surface area contributed by atoms with Gasteiger partial charge in [0.05, 0.1) is 11.8 Å². The molecule has 0 amide bonds. The summed E-state index contributed by atoms with van der Waals surface area (Å²) in [4.78, 5) is 0. The zero-order chi connectivity index (χ0) is 12.3. The van der Waals surface area contributed by atoms with Gasteiger partial charge in [-0.05, 0) is 25.0 Å². The highest BCUT2D eigenvalue weighted by atomic mass is 32.2. The Morgan fingerprint density at radius 3 is 2.50 bits per heavy atom. The van der Waals surface area contributed by atoms with E-state index in [2.05, 4.69) is 5.43 Å². The first kappa shape index (κ1) is 13.2. The van der Waals surface area contributed by atoms with Crippen LogP contribution in [0.5, 0.6) is 0 Å². The molecular weight excluding hydrogens is 224 g/mol. The van der Waals surface area contributed by atoms with Crippen molar-refractivity contribution in [1.29, 1.82) is 0 Å². The van der Waals surface area contributed by atoms with Crippen molar-refractivity contribution in [2.24, 2.45) is 5.84 Å². The minimum atomic E-state index is -3.06. The number of hydrazine groups is 1. The molecule has 1 atom stereocenters. The average Bonchev–Trinajstić information content (AvgIpc) is 2.17. The van der Waals surface area contributed by atoms with Crippen LogP contribution in [0.2, 0.25) is 0 Å². The highest BCUT2D eigenvalue weighted by molar-refractivity contribution is 7.90. The van der Waals surface area contributed by atoms with E-state index in [0.29, 0.717) is 0 Å². The maximum Gasteiger partial charge on any atom is 0.149 e. The van der Waals surface area contributed by atoms with Gasteiger partial charge in [0, 0.05) is 6.26 Å². The van der Waals surface area contributed by atoms with Crippen molar-refractivity contribution < 1.29 is 8.42 Å². The van der Waals surface area contributed by atoms with E-state index < -0.39 is 9.84 Å². The summed E-state index contributed by atoms with van der Waals surface area (Å²) in [7, 11) is -3.06. The largest absolute Gasteiger partial charge is 0.271 e. The lowest BCUT2D eigenvalue weighted by Crippen LogP contribution is -2.33. The third kappa shape index (κ3) is 3.59. The molecule has 0 spiro atoms. The lowest BCUT2D eigenvalue weighted by molar-refractivity contribution is 0.563. The van der Waals surface area contributed by atoms with Gasteiger partial charge in [-0.1, -0.05) is 23.8 Å². The van der Waals surface area contributed by atoms with Crippen LogP contribution in [0.3, 0.4) is 0 Å². The molecule has 0 heterocycles. The van der Waals surface area contributed by atoms with Crippen LogP contribution in [0.1, 0.15) is 22.7 Å². The molecule has 1 aromatic rings. The molecule has 0 aromatic heterocycles. The number of benzene rings is 1. The molecule has 1 rings (SSSR count). The Bertz CT molecular complexity index is 469. The van der Waals surface area contributed by atoms with E-state index in [1.807, 2.05) is 32.0 Å². The molecule has 1 aromatic carbocycles. The lowest BCUT2D eigenvalue weighted by atomic mass is 10.0. The van der Waals surface area contributed by atoms with Gasteiger partial charge >= 0.3 is 0 Å². The predicted molar refractivity (Wildman–Crippen MR) is 65.7 cm³/mol. The molecule has 0 saturated heterocycles. The van der Waals surface area contributed by atoms with Gasteiger partial charge in [-0.25, -0.2) is 8.42 Å². The van der Waals surface area contributed by atoms with E-state index in [-0.39, 0.29) is 11.8 Å². The SMILES string of the molecule is Cc1ccc(C)c(C(CS(C)(=O)=O)NN)c1. The quantitative estimate of drug-likeness (QED) is 0.606. The standard InChI is InChI=1S/C11H18N2O2S/c1-8-4-5-9(2)10(6-8)11(13-12)7-16(3,14)15/h4-6,11,13H,7,12H2,1-3H3. The summed E-state index contributed by atoms with van der Waals surface area (Å²) in [5, 5.41) is 0. The molecule has 5 heteroatoms. The molecule has 0 bridgehead atoms. The Balaban J connectivity index is 3.08. The molecule has 3 N–H and O–H groups in total. The molecule has 0 aliphatic rings. The smallest absolute Gasteiger partial charge is 0.149 e. The number of nitrogens with one attached hydrogen (secondary N) is 1. The normalized spacial score (nSPS) is 13.8. The van der Waals surface area contributed by atoms with Gasteiger partial charge in [-0.3, -0.25) is 11.3 Å². The van der Waals surface area contributed by atoms with Gasteiger partial charge in [0.25, 0.3) is 0 Å². The molecule has 0 aliphatic carbocycles. The Morgan fingerprint density at radius 2 is 2.00 bits per heavy atom. The summed E-state index contributed by atoms with van der Waals surface area (Å²) in [5.74, 6) is 5.42. The molecule has 0 aliphatic heterocycles. The van der Waals surface area contributed by atoms with E-state index in [1.165, 1.54) is 6.26 Å². The van der Waals surface area contributed by atoms with Crippen LogP contribution in [-0.2, 0) is 9.84 Å². The highest BCUT2D eigenvalue weighted by Crippen LogP contribution is 2.19. The van der Waals surface area contributed by atoms with Crippen molar-refractivity contribution in [3.05, 3.63) is 34.9 Å². The van der Waals surface area contributed by atoms with E-state index in [4.69, 9.17) is 5.84 Å². The summed E-state index contributed by atoms with van der Waals surface area (Å²) < 4.78 is 22.5. The summed E-state index contributed by atoms with van der Waals surface area (Å²) in [5.41, 5.74) is 5.63. The first-order valence-corrected chi connectivity index (χ1v) is 7.10. The van der Waals surface area contributed by atoms with Crippen LogP contribution in [0.4, 0.5) is 0 Å². The van der Waals surface area contributed by atoms with Crippen LogP contribution < -0.4 is 11.3 Å². The summed E-state index contributed by atoms with van der Waals surface area (Å²) in [6.07, 6.45) is 1.21. The predicted octanol–water partition coefficient (Wildman–Crippen LogP) is 0.852. The third-order valence-electron chi connectivity index (χ3n) is 2.48. The van der Waals surface area contributed by atoms with E-state index in [0.717, 1.165) is 16.7 Å². The molecule has 1 unspecified atom stereocenters. The Kier molecular flexibility index (Phi) is 4.07. The first-order valence-electron chi connectivity index (χ1n) is 5.04. The fraction of sp³-hybridized carbons (Fsp3) is 0.455. The summed E-state index contributed by atoms with van der Waals surface area (Å²) >= 11 is 0. The second-order valence-electron chi connectivity index (χ2n) is 4.17. The molecule has 90 valence electrons. The van der Waals surface area contributed by atoms with Crippen molar-refractivity contribution in [3.8, 4) is 0 Å². The van der Waals surface area contributed by atoms with Gasteiger partial charge in [-0.15, -0.1) is 0 Å². The van der Waals surface area contributed by atoms with Crippen LogP contribution in [0.15, 0.2) is 18.2 Å². The number of nitrogens with two attached hydrogens (primary N) is 1. The van der Waals surface area contributed by atoms with Gasteiger partial charge in [0.1, 0.15) is 9.84 Å². The van der Waals surface area contributed by atoms with Crippen molar-refractivity contribution in [2.45, 2.75) is 19.9 Å². The fourth-order valence-electron chi connectivity index (χ4n) is 1.67.